The van der Waals surface area contributed by atoms with Crippen LogP contribution >= 0.6 is 11.8 Å². The Morgan fingerprint density at radius 1 is 0.923 bits per heavy atom. The maximum absolute atomic E-state index is 11.3. The summed E-state index contributed by atoms with van der Waals surface area (Å²) in [6, 6.07) is 13.6. The zero-order valence-electron chi connectivity index (χ0n) is 25.2. The lowest BCUT2D eigenvalue weighted by molar-refractivity contribution is 0.102. The molecule has 1 fully saturated rings. The zero-order chi connectivity index (χ0) is 27.9. The molecule has 2 aromatic carbocycles. The van der Waals surface area contributed by atoms with Gasteiger partial charge in [-0.1, -0.05) is 84.7 Å². The molecular formula is C36H48O2S. The lowest BCUT2D eigenvalue weighted by Crippen LogP contribution is -2.41. The minimum absolute atomic E-state index is 0.138. The van der Waals surface area contributed by atoms with Gasteiger partial charge in [0.15, 0.2) is 0 Å². The molecule has 3 aliphatic carbocycles. The SMILES string of the molecule is CCC1(CC)CCC2(CC1)CC1=CCC(O)=c3cc(SC)c(OC(C(C)C)C(C)C)cc3=C1c1ccccc12. The van der Waals surface area contributed by atoms with Crippen LogP contribution in [-0.2, 0) is 5.41 Å². The van der Waals surface area contributed by atoms with Crippen LogP contribution in [0.25, 0.3) is 11.3 Å². The summed E-state index contributed by atoms with van der Waals surface area (Å²) in [4.78, 5) is 1.10. The topological polar surface area (TPSA) is 29.5 Å². The molecule has 0 bridgehead atoms. The first-order valence-corrected chi connectivity index (χ1v) is 16.5. The van der Waals surface area contributed by atoms with Crippen molar-refractivity contribution in [3.8, 4) is 5.75 Å². The van der Waals surface area contributed by atoms with Gasteiger partial charge in [-0.25, -0.2) is 0 Å². The third kappa shape index (κ3) is 4.98. The summed E-state index contributed by atoms with van der Waals surface area (Å²) in [6.07, 6.45) is 13.9. The van der Waals surface area contributed by atoms with Crippen LogP contribution in [0.4, 0.5) is 0 Å². The smallest absolute Gasteiger partial charge is 0.133 e. The number of hydrogen-bond donors (Lipinski definition) is 1. The van der Waals surface area contributed by atoms with Gasteiger partial charge < -0.3 is 9.84 Å². The Morgan fingerprint density at radius 3 is 2.21 bits per heavy atom. The second kappa shape index (κ2) is 11.0. The maximum Gasteiger partial charge on any atom is 0.133 e. The average Bonchev–Trinajstić information content (AvgIpc) is 3.07. The van der Waals surface area contributed by atoms with Gasteiger partial charge in [0.1, 0.15) is 17.6 Å². The van der Waals surface area contributed by atoms with Gasteiger partial charge in [-0.05, 0) is 95.2 Å². The van der Waals surface area contributed by atoms with E-state index in [9.17, 15) is 5.11 Å². The number of ether oxygens (including phenoxy) is 1. The van der Waals surface area contributed by atoms with E-state index >= 15 is 0 Å². The summed E-state index contributed by atoms with van der Waals surface area (Å²) >= 11 is 1.70. The monoisotopic (exact) mass is 544 g/mol. The van der Waals surface area contributed by atoms with Gasteiger partial charge in [-0.2, -0.15) is 0 Å². The number of rotatable bonds is 7. The van der Waals surface area contributed by atoms with E-state index in [0.29, 0.717) is 29.4 Å². The highest BCUT2D eigenvalue weighted by Crippen LogP contribution is 2.57. The molecule has 39 heavy (non-hydrogen) atoms. The Labute approximate surface area is 240 Å². The standard InChI is InChI=1S/C36H48O2S/c1-8-35(9-2)16-18-36(19-17-35)22-25-14-15-30(37)27-21-32(39-7)31(38-34(23(3)4)24(5)6)20-28(27)33(25)26-12-10-11-13-29(26)36/h10-14,20-21,23-24,34,37H,8-9,15-19,22H2,1-7H3. The predicted molar refractivity (Wildman–Crippen MR) is 167 cm³/mol. The molecule has 0 aliphatic heterocycles. The first-order chi connectivity index (χ1) is 18.7. The number of aliphatic hydroxyl groups excluding tert-OH is 1. The Kier molecular flexibility index (Phi) is 8.04. The Morgan fingerprint density at radius 2 is 1.59 bits per heavy atom. The molecule has 0 amide bonds. The van der Waals surface area contributed by atoms with Crippen LogP contribution in [0.5, 0.6) is 5.75 Å². The number of aliphatic hydroxyl groups is 1. The first-order valence-electron chi connectivity index (χ1n) is 15.3. The van der Waals surface area contributed by atoms with Crippen LogP contribution in [0.1, 0.15) is 104 Å². The molecule has 0 heterocycles. The van der Waals surface area contributed by atoms with Crippen LogP contribution in [-0.4, -0.2) is 17.5 Å². The normalized spacial score (nSPS) is 19.6. The molecule has 0 aromatic heterocycles. The molecule has 3 heteroatoms. The van der Waals surface area contributed by atoms with Gasteiger partial charge in [-0.3, -0.25) is 0 Å². The number of thioether (sulfide) groups is 1. The van der Waals surface area contributed by atoms with Gasteiger partial charge in [-0.15, -0.1) is 11.8 Å². The molecule has 1 N–H and O–H groups in total. The van der Waals surface area contributed by atoms with Crippen molar-refractivity contribution in [3.63, 3.8) is 0 Å². The predicted octanol–water partition coefficient (Wildman–Crippen LogP) is 8.69. The van der Waals surface area contributed by atoms with Gasteiger partial charge in [0, 0.05) is 21.9 Å². The number of hydrogen-bond acceptors (Lipinski definition) is 3. The average molecular weight is 545 g/mol. The molecule has 0 unspecified atom stereocenters. The molecule has 0 saturated heterocycles. The van der Waals surface area contributed by atoms with Crippen molar-refractivity contribution >= 4 is 23.1 Å². The molecule has 210 valence electrons. The Balaban J connectivity index is 1.72. The quantitative estimate of drug-likeness (QED) is 0.354. The summed E-state index contributed by atoms with van der Waals surface area (Å²) in [7, 11) is 0. The molecule has 1 saturated carbocycles. The van der Waals surface area contributed by atoms with Crippen molar-refractivity contribution in [1.29, 1.82) is 0 Å². The van der Waals surface area contributed by atoms with Crippen LogP contribution in [0, 0.1) is 17.3 Å². The third-order valence-electron chi connectivity index (χ3n) is 10.4. The Hall–Kier alpha value is -2.13. The van der Waals surface area contributed by atoms with Crippen molar-refractivity contribution in [3.05, 3.63) is 69.6 Å². The van der Waals surface area contributed by atoms with Gasteiger partial charge in [0.25, 0.3) is 0 Å². The van der Waals surface area contributed by atoms with E-state index in [2.05, 4.69) is 90.3 Å². The molecule has 1 spiro atoms. The number of benzene rings is 2. The van der Waals surface area contributed by atoms with Gasteiger partial charge >= 0.3 is 0 Å². The maximum atomic E-state index is 11.3. The lowest BCUT2D eigenvalue weighted by Gasteiger charge is -2.50. The van der Waals surface area contributed by atoms with Crippen LogP contribution < -0.4 is 15.2 Å². The van der Waals surface area contributed by atoms with Gasteiger partial charge in [0.2, 0.25) is 0 Å². The van der Waals surface area contributed by atoms with Crippen molar-refractivity contribution in [2.45, 2.75) is 109 Å². The van der Waals surface area contributed by atoms with E-state index in [4.69, 9.17) is 4.74 Å². The highest BCUT2D eigenvalue weighted by atomic mass is 32.2. The van der Waals surface area contributed by atoms with E-state index in [1.807, 2.05) is 0 Å². The second-order valence-corrected chi connectivity index (χ2v) is 13.9. The minimum atomic E-state index is 0.138. The fraction of sp³-hybridized carbons (Fsp3) is 0.556. The number of allylic oxidation sites excluding steroid dienone is 1. The Bertz CT molecular complexity index is 1360. The molecule has 5 rings (SSSR count). The first kappa shape index (κ1) is 28.4. The van der Waals surface area contributed by atoms with E-state index < -0.39 is 0 Å². The molecular weight excluding hydrogens is 496 g/mol. The molecule has 2 aromatic rings. The molecule has 0 radical (unpaired) electrons. The van der Waals surface area contributed by atoms with Crippen LogP contribution in [0.2, 0.25) is 0 Å². The van der Waals surface area contributed by atoms with E-state index in [0.717, 1.165) is 27.5 Å². The fourth-order valence-corrected chi connectivity index (χ4v) is 8.36. The summed E-state index contributed by atoms with van der Waals surface area (Å²) in [6.45, 7) is 13.8. The summed E-state index contributed by atoms with van der Waals surface area (Å²) in [5.74, 6) is 2.25. The zero-order valence-corrected chi connectivity index (χ0v) is 26.0. The van der Waals surface area contributed by atoms with Crippen molar-refractivity contribution < 1.29 is 9.84 Å². The highest BCUT2D eigenvalue weighted by Gasteiger charge is 2.46. The van der Waals surface area contributed by atoms with E-state index in [1.165, 1.54) is 60.8 Å². The summed E-state index contributed by atoms with van der Waals surface area (Å²) in [5, 5.41) is 13.4. The summed E-state index contributed by atoms with van der Waals surface area (Å²) in [5.41, 5.74) is 6.29. The van der Waals surface area contributed by atoms with Crippen LogP contribution in [0.3, 0.4) is 0 Å². The fourth-order valence-electron chi connectivity index (χ4n) is 7.81. The highest BCUT2D eigenvalue weighted by molar-refractivity contribution is 7.98. The molecule has 2 nitrogen and oxygen atoms in total. The molecule has 0 atom stereocenters. The van der Waals surface area contributed by atoms with Gasteiger partial charge in [0.05, 0.1) is 0 Å². The number of fused-ring (bicyclic) bond motifs is 5. The lowest BCUT2D eigenvalue weighted by atomic mass is 9.54. The van der Waals surface area contributed by atoms with Crippen molar-refractivity contribution in [1.82, 2.24) is 0 Å². The van der Waals surface area contributed by atoms with Crippen molar-refractivity contribution in [2.75, 3.05) is 6.26 Å². The van der Waals surface area contributed by atoms with Crippen LogP contribution in [0.15, 0.2) is 52.9 Å². The largest absolute Gasteiger partial charge is 0.511 e. The molecule has 3 aliphatic rings. The van der Waals surface area contributed by atoms with E-state index in [-0.39, 0.29) is 11.5 Å². The van der Waals surface area contributed by atoms with E-state index in [1.54, 1.807) is 11.8 Å². The second-order valence-electron chi connectivity index (χ2n) is 13.1. The summed E-state index contributed by atoms with van der Waals surface area (Å²) < 4.78 is 6.78. The van der Waals surface area contributed by atoms with Crippen molar-refractivity contribution in [2.24, 2.45) is 17.3 Å². The minimum Gasteiger partial charge on any atom is -0.511 e. The third-order valence-corrected chi connectivity index (χ3v) is 11.1.